The van der Waals surface area contributed by atoms with Crippen LogP contribution in [0, 0.1) is 0 Å². The molecule has 3 nitrogen and oxygen atoms in total. The van der Waals surface area contributed by atoms with E-state index in [0.717, 1.165) is 16.3 Å². The lowest BCUT2D eigenvalue weighted by molar-refractivity contribution is -0.0151. The van der Waals surface area contributed by atoms with Gasteiger partial charge in [-0.15, -0.1) is 0 Å². The van der Waals surface area contributed by atoms with Crippen LogP contribution in [0.1, 0.15) is 6.42 Å². The molecule has 2 unspecified atom stereocenters. The number of hydrogen-bond acceptors (Lipinski definition) is 3. The molecule has 0 saturated carbocycles. The lowest BCUT2D eigenvalue weighted by Crippen LogP contribution is -2.28. The van der Waals surface area contributed by atoms with E-state index >= 15 is 0 Å². The topological polar surface area (TPSA) is 60.7 Å². The molecule has 0 aromatic rings. The summed E-state index contributed by atoms with van der Waals surface area (Å²) in [6.45, 7) is -0.345. The summed E-state index contributed by atoms with van der Waals surface area (Å²) in [5.74, 6) is 0. The Morgan fingerprint density at radius 2 is 1.78 bits per heavy atom. The van der Waals surface area contributed by atoms with Crippen molar-refractivity contribution in [1.29, 1.82) is 0 Å². The molecule has 0 aliphatic heterocycles. The van der Waals surface area contributed by atoms with Crippen molar-refractivity contribution >= 4 is 10.2 Å². The third-order valence-electron chi connectivity index (χ3n) is 1.22. The molecular formula is C5H14O3Si. The maximum absolute atomic E-state index is 8.93. The van der Waals surface area contributed by atoms with Gasteiger partial charge >= 0.3 is 0 Å². The van der Waals surface area contributed by atoms with Crippen LogP contribution in [0.15, 0.2) is 0 Å². The molecule has 0 rings (SSSR count). The Bertz CT molecular complexity index is 69.2. The third-order valence-corrected chi connectivity index (χ3v) is 1.79. The second-order valence-corrected chi connectivity index (χ2v) is 3.11. The van der Waals surface area contributed by atoms with E-state index < -0.39 is 12.2 Å². The van der Waals surface area contributed by atoms with E-state index in [0.29, 0.717) is 6.42 Å². The van der Waals surface area contributed by atoms with Gasteiger partial charge in [0.1, 0.15) is 6.10 Å². The van der Waals surface area contributed by atoms with E-state index in [2.05, 4.69) is 0 Å². The van der Waals surface area contributed by atoms with Gasteiger partial charge in [-0.3, -0.25) is 0 Å². The summed E-state index contributed by atoms with van der Waals surface area (Å²) in [7, 11) is 1.03. The quantitative estimate of drug-likeness (QED) is 0.401. The Kier molecular flexibility index (Phi) is 4.98. The fraction of sp³-hybridized carbons (Fsp3) is 1.00. The molecule has 2 atom stereocenters. The van der Waals surface area contributed by atoms with Crippen molar-refractivity contribution in [2.24, 2.45) is 0 Å². The van der Waals surface area contributed by atoms with Crippen LogP contribution in [0.25, 0.3) is 0 Å². The SMILES string of the molecule is OCC(O)C(O)CC[SiH3]. The Balaban J connectivity index is 3.32. The predicted molar refractivity (Wildman–Crippen MR) is 38.5 cm³/mol. The highest BCUT2D eigenvalue weighted by molar-refractivity contribution is 6.08. The van der Waals surface area contributed by atoms with Crippen LogP contribution in [-0.4, -0.2) is 44.4 Å². The molecule has 3 N–H and O–H groups in total. The van der Waals surface area contributed by atoms with Gasteiger partial charge in [-0.25, -0.2) is 0 Å². The number of aliphatic hydroxyl groups is 3. The highest BCUT2D eigenvalue weighted by Gasteiger charge is 2.12. The van der Waals surface area contributed by atoms with Crippen molar-refractivity contribution in [3.63, 3.8) is 0 Å². The van der Waals surface area contributed by atoms with Crippen LogP contribution in [0.5, 0.6) is 0 Å². The number of rotatable bonds is 4. The van der Waals surface area contributed by atoms with Gasteiger partial charge in [0.25, 0.3) is 0 Å². The molecule has 0 aromatic carbocycles. The molecule has 4 heteroatoms. The molecule has 0 spiro atoms. The minimum atomic E-state index is -0.945. The van der Waals surface area contributed by atoms with Gasteiger partial charge in [-0.1, -0.05) is 6.04 Å². The van der Waals surface area contributed by atoms with Gasteiger partial charge in [0.2, 0.25) is 0 Å². The molecular weight excluding hydrogens is 136 g/mol. The fourth-order valence-electron chi connectivity index (χ4n) is 0.610. The summed E-state index contributed by atoms with van der Waals surface area (Å²) in [6, 6.07) is 0.957. The second-order valence-electron chi connectivity index (χ2n) is 2.11. The van der Waals surface area contributed by atoms with Gasteiger partial charge in [0, 0.05) is 10.2 Å². The zero-order valence-corrected chi connectivity index (χ0v) is 7.62. The largest absolute Gasteiger partial charge is 0.394 e. The van der Waals surface area contributed by atoms with E-state index in [4.69, 9.17) is 15.3 Å². The molecule has 0 aromatic heterocycles. The van der Waals surface area contributed by atoms with E-state index in [1.54, 1.807) is 0 Å². The Hall–Kier alpha value is 0.0969. The molecule has 0 saturated heterocycles. The Labute approximate surface area is 57.8 Å². The molecule has 0 radical (unpaired) electrons. The number of hydrogen-bond donors (Lipinski definition) is 3. The van der Waals surface area contributed by atoms with Gasteiger partial charge in [0.05, 0.1) is 12.7 Å². The van der Waals surface area contributed by atoms with Crippen molar-refractivity contribution in [2.75, 3.05) is 6.61 Å². The first-order valence-corrected chi connectivity index (χ1v) is 4.60. The highest BCUT2D eigenvalue weighted by Crippen LogP contribution is 1.99. The van der Waals surface area contributed by atoms with Crippen molar-refractivity contribution < 1.29 is 15.3 Å². The minimum Gasteiger partial charge on any atom is -0.394 e. The summed E-state index contributed by atoms with van der Waals surface area (Å²) >= 11 is 0. The second kappa shape index (κ2) is 4.93. The van der Waals surface area contributed by atoms with E-state index in [1.165, 1.54) is 0 Å². The molecule has 0 heterocycles. The van der Waals surface area contributed by atoms with Crippen molar-refractivity contribution in [3.8, 4) is 0 Å². The molecule has 0 aliphatic rings. The standard InChI is InChI=1S/C5H14O3Si/c6-3-5(8)4(7)1-2-9/h4-8H,1-3H2,9H3. The Morgan fingerprint density at radius 1 is 1.22 bits per heavy atom. The van der Waals surface area contributed by atoms with Crippen LogP contribution in [0.3, 0.4) is 0 Å². The van der Waals surface area contributed by atoms with Gasteiger partial charge in [-0.05, 0) is 6.42 Å². The first-order valence-electron chi connectivity index (χ1n) is 3.19. The summed E-state index contributed by atoms with van der Waals surface area (Å²) in [5, 5.41) is 26.0. The van der Waals surface area contributed by atoms with E-state index in [-0.39, 0.29) is 6.61 Å². The molecule has 0 amide bonds. The molecule has 0 aliphatic carbocycles. The lowest BCUT2D eigenvalue weighted by atomic mass is 10.2. The van der Waals surface area contributed by atoms with Crippen LogP contribution in [0.2, 0.25) is 6.04 Å². The Morgan fingerprint density at radius 3 is 2.11 bits per heavy atom. The minimum absolute atomic E-state index is 0.345. The van der Waals surface area contributed by atoms with E-state index in [9.17, 15) is 0 Å². The smallest absolute Gasteiger partial charge is 0.103 e. The summed E-state index contributed by atoms with van der Waals surface area (Å²) in [5.41, 5.74) is 0. The number of aliphatic hydroxyl groups excluding tert-OH is 3. The van der Waals surface area contributed by atoms with Crippen molar-refractivity contribution in [3.05, 3.63) is 0 Å². The fourth-order valence-corrected chi connectivity index (χ4v) is 1.20. The van der Waals surface area contributed by atoms with Crippen molar-refractivity contribution in [1.82, 2.24) is 0 Å². The molecule has 0 fully saturated rings. The highest BCUT2D eigenvalue weighted by atomic mass is 28.1. The van der Waals surface area contributed by atoms with Crippen LogP contribution in [0.4, 0.5) is 0 Å². The maximum atomic E-state index is 8.93. The van der Waals surface area contributed by atoms with Crippen LogP contribution < -0.4 is 0 Å². The monoisotopic (exact) mass is 150 g/mol. The predicted octanol–water partition coefficient (Wildman–Crippen LogP) is -2.13. The third kappa shape index (κ3) is 3.64. The summed E-state index contributed by atoms with van der Waals surface area (Å²) < 4.78 is 0. The van der Waals surface area contributed by atoms with Gasteiger partial charge in [-0.2, -0.15) is 0 Å². The molecule has 9 heavy (non-hydrogen) atoms. The van der Waals surface area contributed by atoms with Crippen LogP contribution >= 0.6 is 0 Å². The van der Waals surface area contributed by atoms with E-state index in [1.807, 2.05) is 0 Å². The molecule has 56 valence electrons. The molecule has 0 bridgehead atoms. The average molecular weight is 150 g/mol. The zero-order chi connectivity index (χ0) is 7.28. The van der Waals surface area contributed by atoms with Crippen LogP contribution in [-0.2, 0) is 0 Å². The zero-order valence-electron chi connectivity index (χ0n) is 5.62. The first-order chi connectivity index (χ1) is 4.22. The summed E-state index contributed by atoms with van der Waals surface area (Å²) in [6.07, 6.45) is -1.07. The first kappa shape index (κ1) is 9.10. The average Bonchev–Trinajstić information content (AvgIpc) is 1.87. The van der Waals surface area contributed by atoms with Gasteiger partial charge in [0.15, 0.2) is 0 Å². The maximum Gasteiger partial charge on any atom is 0.103 e. The van der Waals surface area contributed by atoms with Gasteiger partial charge < -0.3 is 15.3 Å². The normalized spacial score (nSPS) is 17.7. The van der Waals surface area contributed by atoms with Crippen molar-refractivity contribution in [2.45, 2.75) is 24.7 Å². The lowest BCUT2D eigenvalue weighted by Gasteiger charge is -2.13. The summed E-state index contributed by atoms with van der Waals surface area (Å²) in [4.78, 5) is 0.